The quantitative estimate of drug-likeness (QED) is 0.522. The minimum Gasteiger partial charge on any atom is -0.295 e. The van der Waals surface area contributed by atoms with E-state index in [1.807, 2.05) is 0 Å². The van der Waals surface area contributed by atoms with E-state index in [1.54, 1.807) is 0 Å². The van der Waals surface area contributed by atoms with Crippen LogP contribution in [0.25, 0.3) is 0 Å². The van der Waals surface area contributed by atoms with Crippen LogP contribution in [0.5, 0.6) is 0 Å². The van der Waals surface area contributed by atoms with E-state index >= 15 is 0 Å². The summed E-state index contributed by atoms with van der Waals surface area (Å²) >= 11 is 0. The molecule has 10 heavy (non-hydrogen) atoms. The molecule has 0 spiro atoms. The van der Waals surface area contributed by atoms with E-state index in [0.717, 1.165) is 6.54 Å². The van der Waals surface area contributed by atoms with Crippen molar-refractivity contribution in [2.75, 3.05) is 13.6 Å². The highest BCUT2D eigenvalue weighted by atomic mass is 35.5. The highest BCUT2D eigenvalue weighted by molar-refractivity contribution is 5.85. The van der Waals surface area contributed by atoms with Crippen molar-refractivity contribution in [2.24, 2.45) is 0 Å². The maximum Gasteiger partial charge on any atom is 0.0317 e. The maximum atomic E-state index is 3.93. The fourth-order valence-electron chi connectivity index (χ4n) is 1.10. The van der Waals surface area contributed by atoms with Crippen molar-refractivity contribution in [3.63, 3.8) is 0 Å². The van der Waals surface area contributed by atoms with Gasteiger partial charge in [-0.1, -0.05) is 13.2 Å². The Balaban J connectivity index is 0.000000810. The first-order valence-corrected chi connectivity index (χ1v) is 3.20. The molecule has 1 nitrogen and oxygen atoms in total. The number of likely N-dealkylation sites (N-methyl/N-ethyl adjacent to an activating group) is 1. The molecule has 1 unspecified atom stereocenters. The number of halogens is 1. The van der Waals surface area contributed by atoms with Gasteiger partial charge in [0.2, 0.25) is 0 Å². The predicted molar refractivity (Wildman–Crippen MR) is 47.6 cm³/mol. The van der Waals surface area contributed by atoms with Crippen LogP contribution in [0.1, 0.15) is 6.92 Å². The van der Waals surface area contributed by atoms with Gasteiger partial charge in [-0.3, -0.25) is 4.90 Å². The van der Waals surface area contributed by atoms with Crippen LogP contribution in [0.4, 0.5) is 0 Å². The first-order valence-electron chi connectivity index (χ1n) is 3.20. The van der Waals surface area contributed by atoms with Gasteiger partial charge in [0.25, 0.3) is 0 Å². The van der Waals surface area contributed by atoms with Gasteiger partial charge in [0.05, 0.1) is 0 Å². The molecule has 0 N–H and O–H groups in total. The van der Waals surface area contributed by atoms with Crippen LogP contribution in [-0.4, -0.2) is 24.5 Å². The molecular formula is C8H14ClN. The monoisotopic (exact) mass is 159 g/mol. The van der Waals surface area contributed by atoms with Gasteiger partial charge in [0.15, 0.2) is 0 Å². The molecule has 58 valence electrons. The Kier molecular flexibility index (Phi) is 3.13. The zero-order chi connectivity index (χ0) is 7.02. The van der Waals surface area contributed by atoms with Crippen LogP contribution in [0.2, 0.25) is 0 Å². The number of nitrogens with zero attached hydrogens (tertiary/aromatic N) is 1. The molecule has 0 aromatic carbocycles. The summed E-state index contributed by atoms with van der Waals surface area (Å²) in [4.78, 5) is 2.24. The van der Waals surface area contributed by atoms with Crippen molar-refractivity contribution >= 4 is 12.4 Å². The molecule has 0 amide bonds. The molecule has 1 aliphatic rings. The molecule has 0 saturated carbocycles. The summed E-state index contributed by atoms with van der Waals surface area (Å²) in [6.07, 6.45) is 0. The Hall–Kier alpha value is -0.270. The Labute approximate surface area is 68.8 Å². The Morgan fingerprint density at radius 2 is 2.00 bits per heavy atom. The van der Waals surface area contributed by atoms with Gasteiger partial charge < -0.3 is 0 Å². The van der Waals surface area contributed by atoms with Crippen LogP contribution in [0.15, 0.2) is 24.3 Å². The van der Waals surface area contributed by atoms with E-state index in [-0.39, 0.29) is 12.4 Å². The largest absolute Gasteiger partial charge is 0.295 e. The average Bonchev–Trinajstić information content (AvgIpc) is 1.98. The topological polar surface area (TPSA) is 3.24 Å². The summed E-state index contributed by atoms with van der Waals surface area (Å²) in [6.45, 7) is 11.0. The summed E-state index contributed by atoms with van der Waals surface area (Å²) in [7, 11) is 2.09. The number of likely N-dealkylation sites (tertiary alicyclic amines) is 1. The smallest absolute Gasteiger partial charge is 0.0317 e. The second kappa shape index (κ2) is 3.22. The summed E-state index contributed by atoms with van der Waals surface area (Å²) in [5.41, 5.74) is 2.38. The van der Waals surface area contributed by atoms with Crippen LogP contribution in [0.3, 0.4) is 0 Å². The van der Waals surface area contributed by atoms with Crippen molar-refractivity contribution in [2.45, 2.75) is 13.0 Å². The van der Waals surface area contributed by atoms with Crippen LogP contribution < -0.4 is 0 Å². The molecule has 0 aliphatic carbocycles. The van der Waals surface area contributed by atoms with E-state index < -0.39 is 0 Å². The third-order valence-electron chi connectivity index (χ3n) is 2.06. The molecule has 1 aliphatic heterocycles. The summed E-state index contributed by atoms with van der Waals surface area (Å²) in [5.74, 6) is 0. The van der Waals surface area contributed by atoms with Crippen molar-refractivity contribution in [3.05, 3.63) is 24.3 Å². The number of rotatable bonds is 0. The van der Waals surface area contributed by atoms with Crippen molar-refractivity contribution < 1.29 is 0 Å². The highest BCUT2D eigenvalue weighted by Gasteiger charge is 2.22. The minimum absolute atomic E-state index is 0. The van der Waals surface area contributed by atoms with Crippen molar-refractivity contribution in [1.29, 1.82) is 0 Å². The summed E-state index contributed by atoms with van der Waals surface area (Å²) < 4.78 is 0. The fraction of sp³-hybridized carbons (Fsp3) is 0.500. The first-order chi connectivity index (χ1) is 4.13. The first kappa shape index (κ1) is 9.73. The zero-order valence-electron chi connectivity index (χ0n) is 6.55. The Morgan fingerprint density at radius 1 is 1.50 bits per heavy atom. The molecule has 0 bridgehead atoms. The van der Waals surface area contributed by atoms with Crippen LogP contribution in [-0.2, 0) is 0 Å². The second-order valence-corrected chi connectivity index (χ2v) is 2.72. The SMILES string of the molecule is C=C1CN(C)C(C)C1=C.Cl. The molecule has 2 heteroatoms. The van der Waals surface area contributed by atoms with Gasteiger partial charge >= 0.3 is 0 Å². The number of hydrogen-bond acceptors (Lipinski definition) is 1. The fourth-order valence-corrected chi connectivity index (χ4v) is 1.10. The third-order valence-corrected chi connectivity index (χ3v) is 2.06. The lowest BCUT2D eigenvalue weighted by Crippen LogP contribution is -2.21. The van der Waals surface area contributed by atoms with Gasteiger partial charge in [0.1, 0.15) is 0 Å². The number of hydrogen-bond donors (Lipinski definition) is 0. The van der Waals surface area contributed by atoms with E-state index in [9.17, 15) is 0 Å². The standard InChI is InChI=1S/C8H13N.ClH/c1-6-5-9(4)8(3)7(6)2;/h8H,1-2,5H2,3-4H3;1H. The highest BCUT2D eigenvalue weighted by Crippen LogP contribution is 2.23. The molecule has 0 aromatic heterocycles. The molecule has 1 atom stereocenters. The average molecular weight is 160 g/mol. The molecule has 1 rings (SSSR count). The van der Waals surface area contributed by atoms with Gasteiger partial charge in [-0.05, 0) is 25.1 Å². The molecule has 1 fully saturated rings. The molecular weight excluding hydrogens is 146 g/mol. The second-order valence-electron chi connectivity index (χ2n) is 2.72. The van der Waals surface area contributed by atoms with Crippen LogP contribution >= 0.6 is 12.4 Å². The lowest BCUT2D eigenvalue weighted by atomic mass is 10.1. The van der Waals surface area contributed by atoms with Gasteiger partial charge in [-0.15, -0.1) is 12.4 Å². The van der Waals surface area contributed by atoms with E-state index in [4.69, 9.17) is 0 Å². The summed E-state index contributed by atoms with van der Waals surface area (Å²) in [6, 6.07) is 0.498. The third kappa shape index (κ3) is 1.41. The van der Waals surface area contributed by atoms with Crippen molar-refractivity contribution in [3.8, 4) is 0 Å². The zero-order valence-corrected chi connectivity index (χ0v) is 7.37. The molecule has 0 radical (unpaired) electrons. The van der Waals surface area contributed by atoms with Crippen molar-refractivity contribution in [1.82, 2.24) is 4.90 Å². The molecule has 0 aromatic rings. The van der Waals surface area contributed by atoms with E-state index in [1.165, 1.54) is 11.1 Å². The summed E-state index contributed by atoms with van der Waals surface area (Å²) in [5, 5.41) is 0. The molecule has 1 saturated heterocycles. The van der Waals surface area contributed by atoms with Crippen LogP contribution in [0, 0.1) is 0 Å². The minimum atomic E-state index is 0. The maximum absolute atomic E-state index is 3.93. The predicted octanol–water partition coefficient (Wildman–Crippen LogP) is 1.85. The van der Waals surface area contributed by atoms with Gasteiger partial charge in [-0.25, -0.2) is 0 Å². The van der Waals surface area contributed by atoms with Gasteiger partial charge in [0, 0.05) is 12.6 Å². The Bertz CT molecular complexity index is 163. The van der Waals surface area contributed by atoms with Gasteiger partial charge in [-0.2, -0.15) is 0 Å². The normalized spacial score (nSPS) is 26.8. The Morgan fingerprint density at radius 3 is 2.10 bits per heavy atom. The van der Waals surface area contributed by atoms with E-state index in [0.29, 0.717) is 6.04 Å². The lowest BCUT2D eigenvalue weighted by Gasteiger charge is -2.12. The van der Waals surface area contributed by atoms with E-state index in [2.05, 4.69) is 32.0 Å². The lowest BCUT2D eigenvalue weighted by molar-refractivity contribution is 0.354. The molecule has 1 heterocycles.